The van der Waals surface area contributed by atoms with Gasteiger partial charge in [-0.25, -0.2) is 4.79 Å². The fourth-order valence-electron chi connectivity index (χ4n) is 1.15. The van der Waals surface area contributed by atoms with Crippen molar-refractivity contribution in [2.45, 2.75) is 13.3 Å². The van der Waals surface area contributed by atoms with Gasteiger partial charge in [0.05, 0.1) is 7.11 Å². The smallest absolute Gasteiger partial charge is 0.330 e. The molecule has 0 saturated heterocycles. The van der Waals surface area contributed by atoms with Gasteiger partial charge in [-0.15, -0.1) is 0 Å². The van der Waals surface area contributed by atoms with Crippen LogP contribution in [-0.4, -0.2) is 13.1 Å². The first kappa shape index (κ1) is 10.5. The fourth-order valence-corrected chi connectivity index (χ4v) is 1.15. The van der Waals surface area contributed by atoms with Crippen molar-refractivity contribution in [2.75, 3.05) is 7.11 Å². The van der Waals surface area contributed by atoms with Crippen molar-refractivity contribution in [1.82, 2.24) is 0 Å². The number of ether oxygens (including phenoxy) is 1. The van der Waals surface area contributed by atoms with Gasteiger partial charge in [-0.2, -0.15) is 0 Å². The van der Waals surface area contributed by atoms with Gasteiger partial charge in [-0.05, 0) is 23.6 Å². The summed E-state index contributed by atoms with van der Waals surface area (Å²) in [4.78, 5) is 10.8. The van der Waals surface area contributed by atoms with Crippen LogP contribution in [0.2, 0.25) is 0 Å². The van der Waals surface area contributed by atoms with Crippen molar-refractivity contribution < 1.29 is 9.53 Å². The summed E-state index contributed by atoms with van der Waals surface area (Å²) >= 11 is 0. The van der Waals surface area contributed by atoms with Crippen LogP contribution < -0.4 is 0 Å². The minimum Gasteiger partial charge on any atom is -0.466 e. The van der Waals surface area contributed by atoms with Crippen LogP contribution in [0.5, 0.6) is 0 Å². The van der Waals surface area contributed by atoms with Crippen molar-refractivity contribution in [3.63, 3.8) is 0 Å². The average Bonchev–Trinajstić information content (AvgIpc) is 2.26. The molecule has 0 heterocycles. The molecule has 0 fully saturated rings. The summed E-state index contributed by atoms with van der Waals surface area (Å²) in [5, 5.41) is 0. The van der Waals surface area contributed by atoms with E-state index in [0.717, 1.165) is 12.0 Å². The van der Waals surface area contributed by atoms with Crippen molar-refractivity contribution in [2.24, 2.45) is 0 Å². The Kier molecular flexibility index (Phi) is 3.92. The predicted molar refractivity (Wildman–Crippen MR) is 56.9 cm³/mol. The topological polar surface area (TPSA) is 26.3 Å². The second kappa shape index (κ2) is 5.22. The molecule has 0 radical (unpaired) electrons. The third-order valence-electron chi connectivity index (χ3n) is 1.97. The van der Waals surface area contributed by atoms with E-state index in [1.165, 1.54) is 18.7 Å². The van der Waals surface area contributed by atoms with Crippen molar-refractivity contribution in [3.05, 3.63) is 41.5 Å². The molecular formula is C12H14O2. The molecule has 2 heteroatoms. The molecule has 0 saturated carbocycles. The van der Waals surface area contributed by atoms with Gasteiger partial charge in [-0.3, -0.25) is 0 Å². The first-order valence-corrected chi connectivity index (χ1v) is 4.61. The van der Waals surface area contributed by atoms with Crippen LogP contribution in [0.1, 0.15) is 18.1 Å². The summed E-state index contributed by atoms with van der Waals surface area (Å²) in [5.41, 5.74) is 2.28. The van der Waals surface area contributed by atoms with E-state index in [0.29, 0.717) is 0 Å². The minimum atomic E-state index is -0.327. The zero-order chi connectivity index (χ0) is 10.4. The number of benzene rings is 1. The van der Waals surface area contributed by atoms with Crippen LogP contribution in [0.3, 0.4) is 0 Å². The van der Waals surface area contributed by atoms with E-state index < -0.39 is 0 Å². The fraction of sp³-hybridized carbons (Fsp3) is 0.250. The van der Waals surface area contributed by atoms with Gasteiger partial charge in [0.2, 0.25) is 0 Å². The molecular weight excluding hydrogens is 176 g/mol. The summed E-state index contributed by atoms with van der Waals surface area (Å²) in [5.74, 6) is -0.327. The standard InChI is InChI=1S/C12H14O2/c1-3-10-5-4-6-11(9-10)7-8-12(13)14-2/h4-9H,3H2,1-2H3/b8-7-. The summed E-state index contributed by atoms with van der Waals surface area (Å²) in [6.45, 7) is 2.10. The molecule has 0 N–H and O–H groups in total. The molecule has 0 aliphatic rings. The van der Waals surface area contributed by atoms with Gasteiger partial charge in [0, 0.05) is 6.08 Å². The monoisotopic (exact) mass is 190 g/mol. The van der Waals surface area contributed by atoms with Crippen LogP contribution in [0.25, 0.3) is 6.08 Å². The van der Waals surface area contributed by atoms with E-state index in [1.54, 1.807) is 6.08 Å². The molecule has 1 aromatic rings. The average molecular weight is 190 g/mol. The van der Waals surface area contributed by atoms with E-state index in [1.807, 2.05) is 12.1 Å². The summed E-state index contributed by atoms with van der Waals surface area (Å²) in [6.07, 6.45) is 4.18. The van der Waals surface area contributed by atoms with Gasteiger partial charge < -0.3 is 4.74 Å². The lowest BCUT2D eigenvalue weighted by Crippen LogP contribution is -1.93. The molecule has 14 heavy (non-hydrogen) atoms. The summed E-state index contributed by atoms with van der Waals surface area (Å²) < 4.78 is 4.50. The molecule has 2 nitrogen and oxygen atoms in total. The Hall–Kier alpha value is -1.57. The molecule has 74 valence electrons. The molecule has 1 aromatic carbocycles. The van der Waals surface area contributed by atoms with Crippen LogP contribution >= 0.6 is 0 Å². The second-order valence-corrected chi connectivity index (χ2v) is 2.96. The lowest BCUT2D eigenvalue weighted by Gasteiger charge is -1.97. The molecule has 0 aliphatic carbocycles. The maximum Gasteiger partial charge on any atom is 0.330 e. The van der Waals surface area contributed by atoms with Gasteiger partial charge in [0.25, 0.3) is 0 Å². The Balaban J connectivity index is 2.76. The minimum absolute atomic E-state index is 0.327. The third-order valence-corrected chi connectivity index (χ3v) is 1.97. The van der Waals surface area contributed by atoms with E-state index in [-0.39, 0.29) is 5.97 Å². The van der Waals surface area contributed by atoms with E-state index >= 15 is 0 Å². The zero-order valence-electron chi connectivity index (χ0n) is 8.49. The van der Waals surface area contributed by atoms with E-state index in [9.17, 15) is 4.79 Å². The number of carbonyl (C=O) groups excluding carboxylic acids is 1. The van der Waals surface area contributed by atoms with Crippen LogP contribution in [0.4, 0.5) is 0 Å². The molecule has 0 aromatic heterocycles. The highest BCUT2D eigenvalue weighted by atomic mass is 16.5. The summed E-state index contributed by atoms with van der Waals surface area (Å²) in [7, 11) is 1.37. The van der Waals surface area contributed by atoms with Crippen LogP contribution in [0, 0.1) is 0 Å². The predicted octanol–water partition coefficient (Wildman–Crippen LogP) is 2.44. The number of hydrogen-bond acceptors (Lipinski definition) is 2. The molecule has 0 amide bonds. The summed E-state index contributed by atoms with van der Waals surface area (Å²) in [6, 6.07) is 8.06. The number of hydrogen-bond donors (Lipinski definition) is 0. The maximum absolute atomic E-state index is 10.8. The first-order valence-electron chi connectivity index (χ1n) is 4.61. The highest BCUT2D eigenvalue weighted by Crippen LogP contribution is 2.07. The lowest BCUT2D eigenvalue weighted by atomic mass is 10.1. The second-order valence-electron chi connectivity index (χ2n) is 2.96. The quantitative estimate of drug-likeness (QED) is 0.540. The number of aryl methyl sites for hydroxylation is 1. The Morgan fingerprint density at radius 3 is 2.93 bits per heavy atom. The highest BCUT2D eigenvalue weighted by Gasteiger charge is 1.93. The maximum atomic E-state index is 10.8. The number of methoxy groups -OCH3 is 1. The van der Waals surface area contributed by atoms with Crippen LogP contribution in [0.15, 0.2) is 30.3 Å². The normalized spacial score (nSPS) is 10.4. The first-order chi connectivity index (χ1) is 6.76. The van der Waals surface area contributed by atoms with Gasteiger partial charge in [0.15, 0.2) is 0 Å². The molecule has 0 bridgehead atoms. The Morgan fingerprint density at radius 1 is 1.50 bits per heavy atom. The van der Waals surface area contributed by atoms with Gasteiger partial charge >= 0.3 is 5.97 Å². The molecule has 1 rings (SSSR count). The van der Waals surface area contributed by atoms with Gasteiger partial charge in [0.1, 0.15) is 0 Å². The third kappa shape index (κ3) is 3.05. The molecule has 0 spiro atoms. The van der Waals surface area contributed by atoms with E-state index in [4.69, 9.17) is 0 Å². The van der Waals surface area contributed by atoms with Crippen molar-refractivity contribution in [3.8, 4) is 0 Å². The Morgan fingerprint density at radius 2 is 2.29 bits per heavy atom. The van der Waals surface area contributed by atoms with Crippen molar-refractivity contribution >= 4 is 12.0 Å². The number of carbonyl (C=O) groups is 1. The number of esters is 1. The SMILES string of the molecule is CCc1cccc(/C=C\C(=O)OC)c1. The van der Waals surface area contributed by atoms with Crippen molar-refractivity contribution in [1.29, 1.82) is 0 Å². The van der Waals surface area contributed by atoms with E-state index in [2.05, 4.69) is 23.8 Å². The highest BCUT2D eigenvalue weighted by molar-refractivity contribution is 5.86. The number of rotatable bonds is 3. The lowest BCUT2D eigenvalue weighted by molar-refractivity contribution is -0.134. The molecule has 0 atom stereocenters. The Bertz CT molecular complexity index is 340. The molecule has 0 unspecified atom stereocenters. The molecule has 0 aliphatic heterocycles. The van der Waals surface area contributed by atoms with Gasteiger partial charge in [-0.1, -0.05) is 31.2 Å². The van der Waals surface area contributed by atoms with Crippen LogP contribution in [-0.2, 0) is 16.0 Å². The zero-order valence-corrected chi connectivity index (χ0v) is 8.49. The largest absolute Gasteiger partial charge is 0.466 e. The Labute approximate surface area is 84.2 Å².